The van der Waals surface area contributed by atoms with Crippen LogP contribution in [0.5, 0.6) is 0 Å². The van der Waals surface area contributed by atoms with Crippen molar-refractivity contribution in [3.05, 3.63) is 35.9 Å². The average Bonchev–Trinajstić information content (AvgIpc) is 2.81. The SMILES string of the molecule is CCCCCCCCC[C@H](CC(=O)OC(C)(C)C)C(=O)N[C@@H](Cc1ccccc1)[C@@H](O)CC(=O)NC. The molecule has 0 radical (unpaired) electrons. The van der Waals surface area contributed by atoms with Crippen molar-refractivity contribution in [3.8, 4) is 0 Å². The van der Waals surface area contributed by atoms with Crippen LogP contribution < -0.4 is 10.6 Å². The third kappa shape index (κ3) is 14.2. The molecule has 0 bridgehead atoms. The Hall–Kier alpha value is -2.41. The summed E-state index contributed by atoms with van der Waals surface area (Å²) >= 11 is 0. The third-order valence-electron chi connectivity index (χ3n) is 6.12. The monoisotopic (exact) mass is 504 g/mol. The van der Waals surface area contributed by atoms with Gasteiger partial charge in [-0.25, -0.2) is 0 Å². The van der Waals surface area contributed by atoms with Gasteiger partial charge in [-0.1, -0.05) is 82.2 Å². The Morgan fingerprint density at radius 2 is 1.56 bits per heavy atom. The second-order valence-corrected chi connectivity index (χ2v) is 10.6. The van der Waals surface area contributed by atoms with Gasteiger partial charge in [0.05, 0.1) is 25.0 Å². The average molecular weight is 505 g/mol. The van der Waals surface area contributed by atoms with Crippen LogP contribution in [0.3, 0.4) is 0 Å². The Labute approximate surface area is 217 Å². The largest absolute Gasteiger partial charge is 0.460 e. The van der Waals surface area contributed by atoms with Gasteiger partial charge in [0, 0.05) is 13.0 Å². The number of esters is 1. The summed E-state index contributed by atoms with van der Waals surface area (Å²) in [6.45, 7) is 7.61. The molecule has 7 heteroatoms. The van der Waals surface area contributed by atoms with Crippen LogP contribution in [0.2, 0.25) is 0 Å². The molecule has 0 aliphatic heterocycles. The van der Waals surface area contributed by atoms with Gasteiger partial charge in [-0.2, -0.15) is 0 Å². The molecular formula is C29H48N2O5. The lowest BCUT2D eigenvalue weighted by Crippen LogP contribution is -2.48. The van der Waals surface area contributed by atoms with Gasteiger partial charge in [0.25, 0.3) is 0 Å². The molecule has 0 aromatic heterocycles. The van der Waals surface area contributed by atoms with Crippen LogP contribution in [0.1, 0.15) is 97.5 Å². The summed E-state index contributed by atoms with van der Waals surface area (Å²) in [6, 6.07) is 8.87. The van der Waals surface area contributed by atoms with E-state index in [1.54, 1.807) is 20.8 Å². The summed E-state index contributed by atoms with van der Waals surface area (Å²) < 4.78 is 5.48. The number of carbonyl (C=O) groups is 3. The van der Waals surface area contributed by atoms with E-state index in [0.717, 1.165) is 24.8 Å². The van der Waals surface area contributed by atoms with Crippen molar-refractivity contribution in [1.82, 2.24) is 10.6 Å². The Bertz CT molecular complexity index is 776. The lowest BCUT2D eigenvalue weighted by Gasteiger charge is -2.27. The number of aliphatic hydroxyl groups excluding tert-OH is 1. The zero-order chi connectivity index (χ0) is 27.0. The molecule has 0 aliphatic rings. The van der Waals surface area contributed by atoms with Crippen LogP contribution in [0, 0.1) is 5.92 Å². The molecule has 3 N–H and O–H groups in total. The molecule has 36 heavy (non-hydrogen) atoms. The molecule has 1 aromatic carbocycles. The molecule has 0 spiro atoms. The van der Waals surface area contributed by atoms with Crippen molar-refractivity contribution < 1.29 is 24.2 Å². The second kappa shape index (κ2) is 17.1. The molecule has 7 nitrogen and oxygen atoms in total. The van der Waals surface area contributed by atoms with Crippen LogP contribution in [0.4, 0.5) is 0 Å². The summed E-state index contributed by atoms with van der Waals surface area (Å²) in [4.78, 5) is 37.9. The van der Waals surface area contributed by atoms with Crippen molar-refractivity contribution in [2.75, 3.05) is 7.05 Å². The Morgan fingerprint density at radius 1 is 0.944 bits per heavy atom. The molecule has 0 unspecified atom stereocenters. The minimum atomic E-state index is -1.06. The van der Waals surface area contributed by atoms with Crippen LogP contribution in [0.15, 0.2) is 30.3 Å². The summed E-state index contributed by atoms with van der Waals surface area (Å²) in [6.07, 6.45) is 7.57. The molecule has 0 heterocycles. The van der Waals surface area contributed by atoms with Gasteiger partial charge in [-0.3, -0.25) is 14.4 Å². The minimum absolute atomic E-state index is 0.0114. The summed E-state index contributed by atoms with van der Waals surface area (Å²) in [5, 5.41) is 16.3. The molecule has 1 aromatic rings. The van der Waals surface area contributed by atoms with Crippen LogP contribution in [-0.4, -0.2) is 47.7 Å². The first-order chi connectivity index (χ1) is 17.1. The van der Waals surface area contributed by atoms with E-state index in [1.807, 2.05) is 30.3 Å². The van der Waals surface area contributed by atoms with Crippen molar-refractivity contribution in [3.63, 3.8) is 0 Å². The van der Waals surface area contributed by atoms with Crippen LogP contribution in [0.25, 0.3) is 0 Å². The van der Waals surface area contributed by atoms with Crippen LogP contribution >= 0.6 is 0 Å². The van der Waals surface area contributed by atoms with Crippen LogP contribution in [-0.2, 0) is 25.5 Å². The molecule has 0 aliphatic carbocycles. The summed E-state index contributed by atoms with van der Waals surface area (Å²) in [5.74, 6) is -1.55. The maximum Gasteiger partial charge on any atom is 0.307 e. The molecule has 2 amide bonds. The van der Waals surface area contributed by atoms with Gasteiger partial charge in [0.15, 0.2) is 0 Å². The first-order valence-corrected chi connectivity index (χ1v) is 13.5. The van der Waals surface area contributed by atoms with Gasteiger partial charge in [-0.05, 0) is 39.2 Å². The molecule has 1 rings (SSSR count). The number of amides is 2. The van der Waals surface area contributed by atoms with E-state index in [2.05, 4.69) is 17.6 Å². The lowest BCUT2D eigenvalue weighted by molar-refractivity contribution is -0.157. The van der Waals surface area contributed by atoms with Gasteiger partial charge in [0.1, 0.15) is 5.60 Å². The highest BCUT2D eigenvalue weighted by molar-refractivity contribution is 5.84. The van der Waals surface area contributed by atoms with Gasteiger partial charge < -0.3 is 20.5 Å². The van der Waals surface area contributed by atoms with Crippen molar-refractivity contribution in [1.29, 1.82) is 0 Å². The fraction of sp³-hybridized carbons (Fsp3) is 0.690. The van der Waals surface area contributed by atoms with Gasteiger partial charge >= 0.3 is 5.97 Å². The highest BCUT2D eigenvalue weighted by atomic mass is 16.6. The number of hydrogen-bond acceptors (Lipinski definition) is 5. The highest BCUT2D eigenvalue weighted by Crippen LogP contribution is 2.20. The third-order valence-corrected chi connectivity index (χ3v) is 6.12. The number of ether oxygens (including phenoxy) is 1. The number of hydrogen-bond donors (Lipinski definition) is 3. The Kier molecular flexibility index (Phi) is 15.0. The van der Waals surface area contributed by atoms with E-state index in [1.165, 1.54) is 32.7 Å². The van der Waals surface area contributed by atoms with E-state index >= 15 is 0 Å². The first kappa shape index (κ1) is 31.6. The van der Waals surface area contributed by atoms with Gasteiger partial charge in [0.2, 0.25) is 11.8 Å². The molecule has 3 atom stereocenters. The maximum absolute atomic E-state index is 13.4. The number of benzene rings is 1. The quantitative estimate of drug-likeness (QED) is 0.211. The van der Waals surface area contributed by atoms with E-state index in [4.69, 9.17) is 4.74 Å². The second-order valence-electron chi connectivity index (χ2n) is 10.6. The lowest BCUT2D eigenvalue weighted by atomic mass is 9.93. The predicted molar refractivity (Wildman–Crippen MR) is 143 cm³/mol. The number of rotatable bonds is 17. The number of unbranched alkanes of at least 4 members (excludes halogenated alkanes) is 6. The molecule has 0 fully saturated rings. The normalized spacial score (nSPS) is 13.9. The fourth-order valence-electron chi connectivity index (χ4n) is 4.14. The molecule has 0 saturated carbocycles. The topological polar surface area (TPSA) is 105 Å². The maximum atomic E-state index is 13.4. The van der Waals surface area contributed by atoms with Crippen molar-refractivity contribution >= 4 is 17.8 Å². The van der Waals surface area contributed by atoms with E-state index in [-0.39, 0.29) is 24.7 Å². The summed E-state index contributed by atoms with van der Waals surface area (Å²) in [7, 11) is 1.51. The van der Waals surface area contributed by atoms with E-state index in [9.17, 15) is 19.5 Å². The minimum Gasteiger partial charge on any atom is -0.460 e. The van der Waals surface area contributed by atoms with Crippen molar-refractivity contribution in [2.45, 2.75) is 116 Å². The molecular weight excluding hydrogens is 456 g/mol. The zero-order valence-electron chi connectivity index (χ0n) is 23.0. The van der Waals surface area contributed by atoms with Gasteiger partial charge in [-0.15, -0.1) is 0 Å². The van der Waals surface area contributed by atoms with E-state index in [0.29, 0.717) is 12.8 Å². The number of nitrogens with one attached hydrogen (secondary N) is 2. The summed E-state index contributed by atoms with van der Waals surface area (Å²) in [5.41, 5.74) is 0.311. The Morgan fingerprint density at radius 3 is 2.14 bits per heavy atom. The number of aliphatic hydroxyl groups is 1. The smallest absolute Gasteiger partial charge is 0.307 e. The van der Waals surface area contributed by atoms with Crippen molar-refractivity contribution in [2.24, 2.45) is 5.92 Å². The standard InChI is InChI=1S/C29H48N2O5/c1-6-7-8-9-10-11-15-18-23(20-27(34)36-29(2,3)4)28(35)31-24(25(32)21-26(33)30-5)19-22-16-13-12-14-17-22/h12-14,16-17,23-25,32H,6-11,15,18-21H2,1-5H3,(H,30,33)(H,31,35)/t23-,24+,25+/m1/s1. The zero-order valence-corrected chi connectivity index (χ0v) is 23.0. The van der Waals surface area contributed by atoms with E-state index < -0.39 is 29.6 Å². The first-order valence-electron chi connectivity index (χ1n) is 13.5. The fourth-order valence-corrected chi connectivity index (χ4v) is 4.14. The molecule has 0 saturated heterocycles. The highest BCUT2D eigenvalue weighted by Gasteiger charge is 2.30. The molecule has 204 valence electrons. The number of carbonyl (C=O) groups excluding carboxylic acids is 3. The predicted octanol–water partition coefficient (Wildman–Crippen LogP) is 4.70. The Balaban J connectivity index is 2.90.